The van der Waals surface area contributed by atoms with Crippen LogP contribution in [0.4, 0.5) is 15.8 Å². The first-order valence-electron chi connectivity index (χ1n) is 5.61. The van der Waals surface area contributed by atoms with Gasteiger partial charge in [0.2, 0.25) is 0 Å². The van der Waals surface area contributed by atoms with Crippen LogP contribution in [-0.4, -0.2) is 11.0 Å². The summed E-state index contributed by atoms with van der Waals surface area (Å²) in [5.74, 6) is -1.49. The average molecular weight is 271 g/mol. The molecule has 0 heterocycles. The molecule has 4 N–H and O–H groups in total. The highest BCUT2D eigenvalue weighted by atomic mass is 19.1. The Morgan fingerprint density at radius 1 is 1.35 bits per heavy atom. The van der Waals surface area contributed by atoms with E-state index < -0.39 is 11.7 Å². The van der Waals surface area contributed by atoms with Gasteiger partial charge in [0.1, 0.15) is 23.2 Å². The van der Waals surface area contributed by atoms with E-state index in [1.54, 1.807) is 6.07 Å². The van der Waals surface area contributed by atoms with Gasteiger partial charge in [-0.2, -0.15) is 5.26 Å². The van der Waals surface area contributed by atoms with E-state index in [9.17, 15) is 14.3 Å². The first-order valence-corrected chi connectivity index (χ1v) is 5.61. The van der Waals surface area contributed by atoms with Crippen molar-refractivity contribution in [1.82, 2.24) is 0 Å². The third-order valence-corrected chi connectivity index (χ3v) is 2.66. The predicted octanol–water partition coefficient (Wildman–Crippen LogP) is 2.24. The number of nitrogens with zero attached hydrogens (tertiary/aromatic N) is 1. The van der Waals surface area contributed by atoms with Crippen LogP contribution in [0.15, 0.2) is 36.4 Å². The van der Waals surface area contributed by atoms with Crippen molar-refractivity contribution in [1.29, 1.82) is 5.26 Å². The number of aromatic hydroxyl groups is 1. The van der Waals surface area contributed by atoms with Crippen molar-refractivity contribution >= 4 is 17.3 Å². The lowest BCUT2D eigenvalue weighted by molar-refractivity contribution is 0.102. The summed E-state index contributed by atoms with van der Waals surface area (Å²) in [4.78, 5) is 12.0. The summed E-state index contributed by atoms with van der Waals surface area (Å²) < 4.78 is 13.4. The van der Waals surface area contributed by atoms with E-state index in [1.807, 2.05) is 0 Å². The number of benzene rings is 2. The highest BCUT2D eigenvalue weighted by molar-refractivity contribution is 6.08. The second-order valence-electron chi connectivity index (χ2n) is 4.00. The number of hydrogen-bond acceptors (Lipinski definition) is 4. The average Bonchev–Trinajstić information content (AvgIpc) is 2.41. The monoisotopic (exact) mass is 271 g/mol. The largest absolute Gasteiger partial charge is 0.508 e. The van der Waals surface area contributed by atoms with E-state index in [0.29, 0.717) is 0 Å². The minimum atomic E-state index is -0.728. The van der Waals surface area contributed by atoms with Crippen LogP contribution in [0.1, 0.15) is 15.9 Å². The Balaban J connectivity index is 2.36. The molecule has 0 atom stereocenters. The number of nitrogens with two attached hydrogens (primary N) is 1. The molecule has 2 aromatic carbocycles. The van der Waals surface area contributed by atoms with Crippen LogP contribution in [0, 0.1) is 17.1 Å². The van der Waals surface area contributed by atoms with Crippen molar-refractivity contribution < 1.29 is 14.3 Å². The normalized spacial score (nSPS) is 9.80. The van der Waals surface area contributed by atoms with E-state index in [-0.39, 0.29) is 28.3 Å². The molecule has 5 nitrogen and oxygen atoms in total. The van der Waals surface area contributed by atoms with Crippen LogP contribution in [0.5, 0.6) is 5.75 Å². The Morgan fingerprint density at radius 3 is 2.80 bits per heavy atom. The van der Waals surface area contributed by atoms with Crippen molar-refractivity contribution in [2.24, 2.45) is 0 Å². The molecule has 2 rings (SSSR count). The minimum absolute atomic E-state index is 0.0400. The number of nitriles is 1. The summed E-state index contributed by atoms with van der Waals surface area (Å²) >= 11 is 0. The summed E-state index contributed by atoms with van der Waals surface area (Å²) in [6.07, 6.45) is 0. The molecule has 0 aliphatic carbocycles. The maximum Gasteiger partial charge on any atom is 0.257 e. The fraction of sp³-hybridized carbons (Fsp3) is 0. The van der Waals surface area contributed by atoms with Gasteiger partial charge in [0, 0.05) is 5.69 Å². The zero-order valence-corrected chi connectivity index (χ0v) is 10.2. The molecule has 0 spiro atoms. The molecule has 0 aliphatic heterocycles. The van der Waals surface area contributed by atoms with Crippen molar-refractivity contribution in [3.8, 4) is 11.8 Å². The summed E-state index contributed by atoms with van der Waals surface area (Å²) in [7, 11) is 0. The van der Waals surface area contributed by atoms with Gasteiger partial charge >= 0.3 is 0 Å². The number of anilines is 2. The maximum absolute atomic E-state index is 13.4. The summed E-state index contributed by atoms with van der Waals surface area (Å²) in [6, 6.07) is 9.48. The second-order valence-corrected chi connectivity index (χ2v) is 4.00. The molecule has 100 valence electrons. The van der Waals surface area contributed by atoms with E-state index in [4.69, 9.17) is 11.0 Å². The molecule has 0 radical (unpaired) electrons. The number of nitrogen functional groups attached to an aromatic ring is 1. The lowest BCUT2D eigenvalue weighted by Crippen LogP contribution is -2.15. The van der Waals surface area contributed by atoms with Crippen LogP contribution in [0.2, 0.25) is 0 Å². The van der Waals surface area contributed by atoms with E-state index in [0.717, 1.165) is 6.07 Å². The predicted molar refractivity (Wildman–Crippen MR) is 71.6 cm³/mol. The second kappa shape index (κ2) is 5.28. The highest BCUT2D eigenvalue weighted by Gasteiger charge is 2.14. The third-order valence-electron chi connectivity index (χ3n) is 2.66. The minimum Gasteiger partial charge on any atom is -0.508 e. The van der Waals surface area contributed by atoms with Crippen molar-refractivity contribution in [3.05, 3.63) is 53.3 Å². The molecule has 1 amide bonds. The van der Waals surface area contributed by atoms with E-state index >= 15 is 0 Å². The molecule has 2 aromatic rings. The van der Waals surface area contributed by atoms with Gasteiger partial charge in [-0.05, 0) is 30.3 Å². The third kappa shape index (κ3) is 2.52. The van der Waals surface area contributed by atoms with Crippen LogP contribution in [0.3, 0.4) is 0 Å². The first-order chi connectivity index (χ1) is 9.52. The lowest BCUT2D eigenvalue weighted by atomic mass is 10.1. The fourth-order valence-corrected chi connectivity index (χ4v) is 1.67. The van der Waals surface area contributed by atoms with Crippen LogP contribution in [0.25, 0.3) is 0 Å². The van der Waals surface area contributed by atoms with Crippen LogP contribution >= 0.6 is 0 Å². The molecule has 0 fully saturated rings. The molecule has 0 unspecified atom stereocenters. The Morgan fingerprint density at radius 2 is 2.10 bits per heavy atom. The Hall–Kier alpha value is -3.07. The summed E-state index contributed by atoms with van der Waals surface area (Å²) in [5, 5.41) is 20.6. The van der Waals surface area contributed by atoms with Gasteiger partial charge in [0.05, 0.1) is 11.3 Å². The Labute approximate surface area is 114 Å². The van der Waals surface area contributed by atoms with E-state index in [2.05, 4.69) is 5.32 Å². The van der Waals surface area contributed by atoms with Crippen molar-refractivity contribution in [2.75, 3.05) is 11.1 Å². The number of nitrogens with one attached hydrogen (secondary N) is 1. The molecular weight excluding hydrogens is 261 g/mol. The van der Waals surface area contributed by atoms with E-state index in [1.165, 1.54) is 30.3 Å². The molecule has 0 saturated heterocycles. The topological polar surface area (TPSA) is 99.1 Å². The van der Waals surface area contributed by atoms with Gasteiger partial charge in [-0.25, -0.2) is 4.39 Å². The number of rotatable bonds is 2. The smallest absolute Gasteiger partial charge is 0.257 e. The molecule has 6 heteroatoms. The number of carbonyl (C=O) groups excluding carboxylic acids is 1. The summed E-state index contributed by atoms with van der Waals surface area (Å²) in [6.45, 7) is 0. The maximum atomic E-state index is 13.4. The zero-order valence-electron chi connectivity index (χ0n) is 10.2. The molecule has 0 aromatic heterocycles. The Bertz CT molecular complexity index is 723. The van der Waals surface area contributed by atoms with Gasteiger partial charge in [-0.15, -0.1) is 0 Å². The lowest BCUT2D eigenvalue weighted by Gasteiger charge is -2.09. The number of hydrogen-bond donors (Lipinski definition) is 3. The first kappa shape index (κ1) is 13.4. The molecule has 0 bridgehead atoms. The van der Waals surface area contributed by atoms with Crippen molar-refractivity contribution in [3.63, 3.8) is 0 Å². The number of phenolic OH excluding ortho intramolecular Hbond substituents is 1. The van der Waals surface area contributed by atoms with Gasteiger partial charge in [-0.3, -0.25) is 4.79 Å². The summed E-state index contributed by atoms with van der Waals surface area (Å²) in [5.41, 5.74) is 5.61. The van der Waals surface area contributed by atoms with Crippen LogP contribution < -0.4 is 11.1 Å². The molecule has 0 saturated carbocycles. The van der Waals surface area contributed by atoms with Gasteiger partial charge in [0.15, 0.2) is 0 Å². The number of halogens is 1. The Kier molecular flexibility index (Phi) is 3.53. The number of phenols is 1. The quantitative estimate of drug-likeness (QED) is 0.576. The molecule has 0 aliphatic rings. The number of amides is 1. The highest BCUT2D eigenvalue weighted by Crippen LogP contribution is 2.22. The fourth-order valence-electron chi connectivity index (χ4n) is 1.67. The standard InChI is InChI=1S/C14H10FN3O2/c15-11-2-1-3-13(10(11)7-16)18-14(20)9-6-8(19)4-5-12(9)17/h1-6,19H,17H2,(H,18,20). The van der Waals surface area contributed by atoms with Gasteiger partial charge in [0.25, 0.3) is 5.91 Å². The number of carbonyl (C=O) groups is 1. The van der Waals surface area contributed by atoms with Crippen LogP contribution in [-0.2, 0) is 0 Å². The van der Waals surface area contributed by atoms with Gasteiger partial charge in [-0.1, -0.05) is 6.07 Å². The van der Waals surface area contributed by atoms with Crippen molar-refractivity contribution in [2.45, 2.75) is 0 Å². The zero-order chi connectivity index (χ0) is 14.7. The van der Waals surface area contributed by atoms with Gasteiger partial charge < -0.3 is 16.2 Å². The SMILES string of the molecule is N#Cc1c(F)cccc1NC(=O)c1cc(O)ccc1N. The molecule has 20 heavy (non-hydrogen) atoms. The molecular formula is C14H10FN3O2.